The molecule has 0 unspecified atom stereocenters. The SMILES string of the molecule is CN(C)c1ccc2c3c(cccc13)C(=O)N(c1ccc([N+](=O)[O-])cc1)C2=O. The zero-order valence-electron chi connectivity index (χ0n) is 14.7. The first-order valence-corrected chi connectivity index (χ1v) is 8.26. The highest BCUT2D eigenvalue weighted by atomic mass is 16.6. The number of amides is 2. The van der Waals surface area contributed by atoms with Gasteiger partial charge in [-0.1, -0.05) is 12.1 Å². The standard InChI is InChI=1S/C20H15N3O4/c1-21(2)17-11-10-16-18-14(17)4-3-5-15(18)19(24)22(20(16)25)12-6-8-13(9-7-12)23(26)27/h3-11H,1-2H3. The first kappa shape index (κ1) is 16.7. The Morgan fingerprint density at radius 1 is 0.889 bits per heavy atom. The highest BCUT2D eigenvalue weighted by Crippen LogP contribution is 2.37. The molecule has 0 saturated heterocycles. The summed E-state index contributed by atoms with van der Waals surface area (Å²) in [6.45, 7) is 0. The number of hydrogen-bond acceptors (Lipinski definition) is 5. The second-order valence-corrected chi connectivity index (χ2v) is 6.47. The van der Waals surface area contributed by atoms with Gasteiger partial charge in [0, 0.05) is 53.8 Å². The molecule has 7 nitrogen and oxygen atoms in total. The number of carbonyl (C=O) groups excluding carboxylic acids is 2. The number of rotatable bonds is 3. The fraction of sp³-hybridized carbons (Fsp3) is 0.100. The van der Waals surface area contributed by atoms with E-state index in [2.05, 4.69) is 0 Å². The topological polar surface area (TPSA) is 83.8 Å². The molecule has 0 saturated carbocycles. The van der Waals surface area contributed by atoms with Crippen LogP contribution in [0.4, 0.5) is 17.1 Å². The van der Waals surface area contributed by atoms with Crippen molar-refractivity contribution >= 4 is 39.6 Å². The maximum absolute atomic E-state index is 13.1. The van der Waals surface area contributed by atoms with Crippen molar-refractivity contribution < 1.29 is 14.5 Å². The van der Waals surface area contributed by atoms with Gasteiger partial charge < -0.3 is 4.90 Å². The van der Waals surface area contributed by atoms with Gasteiger partial charge in [0.15, 0.2) is 0 Å². The molecule has 0 radical (unpaired) electrons. The Morgan fingerprint density at radius 3 is 2.11 bits per heavy atom. The van der Waals surface area contributed by atoms with Crippen molar-refractivity contribution in [3.8, 4) is 0 Å². The molecule has 134 valence electrons. The molecule has 7 heteroatoms. The Balaban J connectivity index is 1.90. The third-order valence-electron chi connectivity index (χ3n) is 4.69. The highest BCUT2D eigenvalue weighted by Gasteiger charge is 2.34. The van der Waals surface area contributed by atoms with E-state index in [1.165, 1.54) is 24.3 Å². The van der Waals surface area contributed by atoms with Crippen molar-refractivity contribution in [1.29, 1.82) is 0 Å². The molecule has 0 bridgehead atoms. The van der Waals surface area contributed by atoms with E-state index in [1.807, 2.05) is 31.1 Å². The monoisotopic (exact) mass is 361 g/mol. The predicted molar refractivity (Wildman–Crippen MR) is 103 cm³/mol. The summed E-state index contributed by atoms with van der Waals surface area (Å²) in [6.07, 6.45) is 0. The summed E-state index contributed by atoms with van der Waals surface area (Å²) in [5.74, 6) is -0.884. The first-order valence-electron chi connectivity index (χ1n) is 8.26. The molecule has 0 fully saturated rings. The van der Waals surface area contributed by atoms with Crippen molar-refractivity contribution in [2.45, 2.75) is 0 Å². The van der Waals surface area contributed by atoms with Gasteiger partial charge in [-0.2, -0.15) is 0 Å². The van der Waals surface area contributed by atoms with Crippen LogP contribution < -0.4 is 9.80 Å². The Hall–Kier alpha value is -3.74. The van der Waals surface area contributed by atoms with Crippen LogP contribution in [0.1, 0.15) is 20.7 Å². The lowest BCUT2D eigenvalue weighted by molar-refractivity contribution is -0.384. The number of hydrogen-bond donors (Lipinski definition) is 0. The van der Waals surface area contributed by atoms with Gasteiger partial charge in [-0.3, -0.25) is 19.7 Å². The molecule has 2 amide bonds. The molecule has 0 aliphatic carbocycles. The number of carbonyl (C=O) groups is 2. The Labute approximate surface area is 154 Å². The van der Waals surface area contributed by atoms with E-state index < -0.39 is 16.7 Å². The van der Waals surface area contributed by atoms with Gasteiger partial charge in [-0.25, -0.2) is 4.90 Å². The Kier molecular flexibility index (Phi) is 3.66. The van der Waals surface area contributed by atoms with Crippen molar-refractivity contribution in [2.24, 2.45) is 0 Å². The van der Waals surface area contributed by atoms with Gasteiger partial charge in [0.2, 0.25) is 0 Å². The average Bonchev–Trinajstić information content (AvgIpc) is 2.66. The summed E-state index contributed by atoms with van der Waals surface area (Å²) in [5.41, 5.74) is 1.98. The molecular weight excluding hydrogens is 346 g/mol. The molecule has 1 heterocycles. The van der Waals surface area contributed by atoms with Crippen LogP contribution in [0.3, 0.4) is 0 Å². The number of nitro benzene ring substituents is 1. The van der Waals surface area contributed by atoms with Crippen LogP contribution in [0.25, 0.3) is 10.8 Å². The van der Waals surface area contributed by atoms with Crippen LogP contribution in [-0.4, -0.2) is 30.8 Å². The predicted octanol–water partition coefficient (Wildman–Crippen LogP) is 3.61. The lowest BCUT2D eigenvalue weighted by Crippen LogP contribution is -2.40. The number of nitrogens with zero attached hydrogens (tertiary/aromatic N) is 3. The van der Waals surface area contributed by atoms with Gasteiger partial charge in [-0.15, -0.1) is 0 Å². The maximum Gasteiger partial charge on any atom is 0.269 e. The molecule has 3 aromatic rings. The highest BCUT2D eigenvalue weighted by molar-refractivity contribution is 6.36. The summed E-state index contributed by atoms with van der Waals surface area (Å²) in [7, 11) is 3.80. The molecule has 1 aliphatic heterocycles. The second kappa shape index (κ2) is 5.91. The largest absolute Gasteiger partial charge is 0.377 e. The Bertz CT molecular complexity index is 1100. The van der Waals surface area contributed by atoms with Crippen LogP contribution in [0.2, 0.25) is 0 Å². The minimum absolute atomic E-state index is 0.103. The fourth-order valence-electron chi connectivity index (χ4n) is 3.43. The average molecular weight is 361 g/mol. The van der Waals surface area contributed by atoms with Gasteiger partial charge in [0.05, 0.1) is 10.6 Å². The van der Waals surface area contributed by atoms with Gasteiger partial charge >= 0.3 is 0 Å². The van der Waals surface area contributed by atoms with Crippen LogP contribution >= 0.6 is 0 Å². The maximum atomic E-state index is 13.1. The number of imide groups is 1. The molecule has 4 rings (SSSR count). The third kappa shape index (κ3) is 2.43. The lowest BCUT2D eigenvalue weighted by Gasteiger charge is -2.28. The number of non-ortho nitro benzene ring substituents is 1. The van der Waals surface area contributed by atoms with Crippen LogP contribution in [0.5, 0.6) is 0 Å². The number of benzene rings is 3. The molecule has 0 atom stereocenters. The van der Waals surface area contributed by atoms with Gasteiger partial charge in [0.1, 0.15) is 0 Å². The van der Waals surface area contributed by atoms with E-state index in [9.17, 15) is 19.7 Å². The normalized spacial score (nSPS) is 13.2. The molecular formula is C20H15N3O4. The zero-order valence-corrected chi connectivity index (χ0v) is 14.7. The molecule has 3 aromatic carbocycles. The molecule has 0 aromatic heterocycles. The van der Waals surface area contributed by atoms with E-state index >= 15 is 0 Å². The number of anilines is 2. The smallest absolute Gasteiger partial charge is 0.269 e. The summed E-state index contributed by atoms with van der Waals surface area (Å²) in [5, 5.41) is 12.3. The van der Waals surface area contributed by atoms with E-state index in [-0.39, 0.29) is 5.69 Å². The van der Waals surface area contributed by atoms with Crippen molar-refractivity contribution in [3.05, 3.63) is 75.8 Å². The van der Waals surface area contributed by atoms with E-state index in [4.69, 9.17) is 0 Å². The second-order valence-electron chi connectivity index (χ2n) is 6.47. The summed E-state index contributed by atoms with van der Waals surface area (Å²) in [4.78, 5) is 39.5. The molecule has 27 heavy (non-hydrogen) atoms. The van der Waals surface area contributed by atoms with Crippen molar-refractivity contribution in [3.63, 3.8) is 0 Å². The molecule has 1 aliphatic rings. The van der Waals surface area contributed by atoms with E-state index in [0.29, 0.717) is 22.2 Å². The van der Waals surface area contributed by atoms with Crippen LogP contribution in [0.15, 0.2) is 54.6 Å². The van der Waals surface area contributed by atoms with E-state index in [1.54, 1.807) is 18.2 Å². The molecule has 0 N–H and O–H groups in total. The van der Waals surface area contributed by atoms with Gasteiger partial charge in [-0.05, 0) is 30.3 Å². The van der Waals surface area contributed by atoms with Crippen molar-refractivity contribution in [1.82, 2.24) is 0 Å². The quantitative estimate of drug-likeness (QED) is 0.404. The lowest BCUT2D eigenvalue weighted by atomic mass is 9.92. The molecule has 0 spiro atoms. The van der Waals surface area contributed by atoms with Gasteiger partial charge in [0.25, 0.3) is 17.5 Å². The summed E-state index contributed by atoms with van der Waals surface area (Å²) in [6, 6.07) is 14.3. The zero-order chi connectivity index (χ0) is 19.3. The van der Waals surface area contributed by atoms with E-state index in [0.717, 1.165) is 16.0 Å². The summed E-state index contributed by atoms with van der Waals surface area (Å²) < 4.78 is 0. The van der Waals surface area contributed by atoms with Crippen LogP contribution in [0, 0.1) is 10.1 Å². The minimum atomic E-state index is -0.525. The third-order valence-corrected chi connectivity index (χ3v) is 4.69. The minimum Gasteiger partial charge on any atom is -0.377 e. The fourth-order valence-corrected chi connectivity index (χ4v) is 3.43. The Morgan fingerprint density at radius 2 is 1.52 bits per heavy atom. The first-order chi connectivity index (χ1) is 12.9. The number of nitro groups is 1. The summed E-state index contributed by atoms with van der Waals surface area (Å²) >= 11 is 0. The van der Waals surface area contributed by atoms with Crippen molar-refractivity contribution in [2.75, 3.05) is 23.9 Å². The van der Waals surface area contributed by atoms with Crippen LogP contribution in [-0.2, 0) is 0 Å².